The number of halogens is 1. The molecule has 0 bridgehead atoms. The second kappa shape index (κ2) is 11.9. The van der Waals surface area contributed by atoms with Crippen molar-refractivity contribution >= 4 is 29.0 Å². The van der Waals surface area contributed by atoms with Crippen molar-refractivity contribution in [3.05, 3.63) is 85.2 Å². The zero-order chi connectivity index (χ0) is 28.3. The Morgan fingerprint density at radius 3 is 2.54 bits per heavy atom. The van der Waals surface area contributed by atoms with Crippen LogP contribution in [0.15, 0.2) is 58.9 Å². The molecule has 39 heavy (non-hydrogen) atoms. The lowest BCUT2D eigenvalue weighted by Gasteiger charge is -2.37. The molecule has 1 aliphatic carbocycles. The number of Topliss-reactive ketones (excluding diaryl/α,β-unsaturated/α-hetero) is 1. The number of ketones is 1. The van der Waals surface area contributed by atoms with Crippen LogP contribution in [-0.2, 0) is 14.3 Å². The first-order valence-corrected chi connectivity index (χ1v) is 13.1. The highest BCUT2D eigenvalue weighted by molar-refractivity contribution is 6.31. The Hall–Kier alpha value is -3.85. The van der Waals surface area contributed by atoms with E-state index in [2.05, 4.69) is 5.32 Å². The molecule has 2 atom stereocenters. The number of non-ortho nitro benzene ring substituents is 1. The molecule has 0 saturated carbocycles. The highest BCUT2D eigenvalue weighted by atomic mass is 35.5. The lowest BCUT2D eigenvalue weighted by molar-refractivity contribution is -0.384. The van der Waals surface area contributed by atoms with E-state index in [1.54, 1.807) is 27.2 Å². The van der Waals surface area contributed by atoms with Gasteiger partial charge in [0.05, 0.1) is 31.3 Å². The molecule has 1 aliphatic heterocycles. The van der Waals surface area contributed by atoms with E-state index in [0.29, 0.717) is 46.9 Å². The minimum absolute atomic E-state index is 0.157. The zero-order valence-corrected chi connectivity index (χ0v) is 23.1. The average Bonchev–Trinajstić information content (AvgIpc) is 2.91. The maximum atomic E-state index is 13.8. The van der Waals surface area contributed by atoms with Gasteiger partial charge in [0.1, 0.15) is 0 Å². The summed E-state index contributed by atoms with van der Waals surface area (Å²) in [7, 11) is 3.11. The molecule has 0 saturated heterocycles. The van der Waals surface area contributed by atoms with Crippen molar-refractivity contribution in [3.8, 4) is 11.5 Å². The molecule has 0 aromatic heterocycles. The molecule has 2 aliphatic rings. The molecule has 1 N–H and O–H groups in total. The van der Waals surface area contributed by atoms with Crippen molar-refractivity contribution < 1.29 is 28.7 Å². The van der Waals surface area contributed by atoms with Crippen LogP contribution in [0.25, 0.3) is 0 Å². The number of nitrogens with zero attached hydrogens (tertiary/aromatic N) is 1. The highest BCUT2D eigenvalue weighted by Crippen LogP contribution is 2.48. The van der Waals surface area contributed by atoms with Crippen LogP contribution in [0, 0.1) is 10.1 Å². The van der Waals surface area contributed by atoms with Crippen molar-refractivity contribution in [1.82, 2.24) is 5.32 Å². The van der Waals surface area contributed by atoms with Crippen LogP contribution in [0.2, 0.25) is 5.02 Å². The van der Waals surface area contributed by atoms with Gasteiger partial charge in [-0.25, -0.2) is 4.79 Å². The van der Waals surface area contributed by atoms with Crippen LogP contribution in [0.1, 0.15) is 62.5 Å². The topological polar surface area (TPSA) is 117 Å². The van der Waals surface area contributed by atoms with Crippen molar-refractivity contribution in [2.45, 2.75) is 51.4 Å². The van der Waals surface area contributed by atoms with E-state index in [0.717, 1.165) is 12.0 Å². The lowest BCUT2D eigenvalue weighted by Crippen LogP contribution is -2.36. The molecule has 2 aromatic carbocycles. The number of nitro groups is 1. The molecule has 10 heteroatoms. The number of benzene rings is 2. The smallest absolute Gasteiger partial charge is 0.336 e. The summed E-state index contributed by atoms with van der Waals surface area (Å²) in [6, 6.07) is 9.63. The van der Waals surface area contributed by atoms with Crippen molar-refractivity contribution in [2.24, 2.45) is 0 Å². The number of nitro benzene ring substituents is 1. The number of carbonyl (C=O) groups is 2. The number of nitrogens with one attached hydrogen (secondary N) is 1. The Kier molecular flexibility index (Phi) is 8.60. The average molecular weight is 555 g/mol. The third kappa shape index (κ3) is 5.63. The Morgan fingerprint density at radius 2 is 1.87 bits per heavy atom. The number of carbonyl (C=O) groups excluding carboxylic acids is 2. The van der Waals surface area contributed by atoms with Crippen LogP contribution in [0.5, 0.6) is 11.5 Å². The molecule has 0 amide bonds. The molecule has 206 valence electrons. The van der Waals surface area contributed by atoms with Crippen LogP contribution >= 0.6 is 11.6 Å². The van der Waals surface area contributed by atoms with Gasteiger partial charge in [0, 0.05) is 46.5 Å². The minimum atomic E-state index is -0.901. The van der Waals surface area contributed by atoms with Gasteiger partial charge in [-0.2, -0.15) is 0 Å². The number of hydrogen-bond acceptors (Lipinski definition) is 8. The fourth-order valence-corrected chi connectivity index (χ4v) is 5.44. The first-order chi connectivity index (χ1) is 18.7. The Bertz CT molecular complexity index is 1380. The van der Waals surface area contributed by atoms with E-state index in [-0.39, 0.29) is 41.0 Å². The number of dihydropyridines is 1. The fraction of sp³-hybridized carbons (Fsp3) is 0.379. The van der Waals surface area contributed by atoms with Gasteiger partial charge in [-0.15, -0.1) is 0 Å². The predicted octanol–water partition coefficient (Wildman–Crippen LogP) is 5.97. The summed E-state index contributed by atoms with van der Waals surface area (Å²) >= 11 is 6.57. The molecule has 0 fully saturated rings. The van der Waals surface area contributed by atoms with E-state index in [9.17, 15) is 19.7 Å². The van der Waals surface area contributed by atoms with Crippen LogP contribution < -0.4 is 14.8 Å². The molecule has 4 rings (SSSR count). The molecular formula is C29H31ClN2O7. The van der Waals surface area contributed by atoms with Gasteiger partial charge in [-0.3, -0.25) is 14.9 Å². The lowest BCUT2D eigenvalue weighted by atomic mass is 9.71. The van der Waals surface area contributed by atoms with E-state index in [4.69, 9.17) is 25.8 Å². The predicted molar refractivity (Wildman–Crippen MR) is 146 cm³/mol. The number of unbranched alkanes of at least 4 members (excludes halogenated alkanes) is 1. The molecule has 9 nitrogen and oxygen atoms in total. The molecule has 0 spiro atoms. The van der Waals surface area contributed by atoms with Gasteiger partial charge in [-0.1, -0.05) is 31.0 Å². The second-order valence-electron chi connectivity index (χ2n) is 9.58. The molecule has 0 radical (unpaired) electrons. The summed E-state index contributed by atoms with van der Waals surface area (Å²) < 4.78 is 16.3. The first-order valence-electron chi connectivity index (χ1n) is 12.8. The van der Waals surface area contributed by atoms with E-state index in [1.807, 2.05) is 19.1 Å². The maximum Gasteiger partial charge on any atom is 0.336 e. The summed E-state index contributed by atoms with van der Waals surface area (Å²) in [6.45, 7) is 3.95. The minimum Gasteiger partial charge on any atom is -0.493 e. The Morgan fingerprint density at radius 1 is 1.13 bits per heavy atom. The monoisotopic (exact) mass is 554 g/mol. The summed E-state index contributed by atoms with van der Waals surface area (Å²) in [4.78, 5) is 38.2. The van der Waals surface area contributed by atoms with Crippen LogP contribution in [-0.4, -0.2) is 37.5 Å². The summed E-state index contributed by atoms with van der Waals surface area (Å²) in [5.74, 6) is -0.667. The normalized spacial score (nSPS) is 18.8. The van der Waals surface area contributed by atoms with Crippen molar-refractivity contribution in [1.29, 1.82) is 0 Å². The zero-order valence-electron chi connectivity index (χ0n) is 22.3. The SMILES string of the molecule is CCCCOC(=O)C1=C(C)NC2=C(C(=O)C[C@@H](c3ccc(OC)c(OC)c3)C2)[C@H]1c1cc([N+](=O)[O-])ccc1Cl. The van der Waals surface area contributed by atoms with E-state index < -0.39 is 16.8 Å². The number of allylic oxidation sites excluding steroid dienone is 3. The summed E-state index contributed by atoms with van der Waals surface area (Å²) in [5.41, 5.74) is 2.82. The largest absolute Gasteiger partial charge is 0.493 e. The molecule has 1 heterocycles. The first kappa shape index (κ1) is 28.2. The number of esters is 1. The third-order valence-electron chi connectivity index (χ3n) is 7.16. The number of rotatable bonds is 9. The van der Waals surface area contributed by atoms with E-state index in [1.165, 1.54) is 18.2 Å². The number of hydrogen-bond donors (Lipinski definition) is 1. The number of ether oxygens (including phenoxy) is 3. The second-order valence-corrected chi connectivity index (χ2v) is 9.99. The van der Waals surface area contributed by atoms with Crippen molar-refractivity contribution in [3.63, 3.8) is 0 Å². The third-order valence-corrected chi connectivity index (χ3v) is 7.50. The highest BCUT2D eigenvalue weighted by Gasteiger charge is 2.42. The van der Waals surface area contributed by atoms with Crippen LogP contribution in [0.3, 0.4) is 0 Å². The van der Waals surface area contributed by atoms with Gasteiger partial charge in [0.25, 0.3) is 5.69 Å². The van der Waals surface area contributed by atoms with E-state index >= 15 is 0 Å². The molecule has 0 unspecified atom stereocenters. The maximum absolute atomic E-state index is 13.8. The van der Waals surface area contributed by atoms with Gasteiger partial charge in [0.15, 0.2) is 17.3 Å². The van der Waals surface area contributed by atoms with Gasteiger partial charge in [-0.05, 0) is 55.0 Å². The fourth-order valence-electron chi connectivity index (χ4n) is 5.22. The van der Waals surface area contributed by atoms with Gasteiger partial charge >= 0.3 is 5.97 Å². The van der Waals surface area contributed by atoms with Crippen molar-refractivity contribution in [2.75, 3.05) is 20.8 Å². The molecular weight excluding hydrogens is 524 g/mol. The number of methoxy groups -OCH3 is 2. The molecule has 2 aromatic rings. The standard InChI is InChI=1S/C29H31ClN2O7/c1-5-6-11-39-29(34)26-16(2)31-22-12-18(17-7-10-24(37-3)25(14-17)38-4)13-23(33)28(22)27(26)20-15-19(32(35)36)8-9-21(20)30/h7-10,14-15,18,27,31H,5-6,11-13H2,1-4H3/t18-,27-/m0/s1. The van der Waals surface area contributed by atoms with Crippen LogP contribution in [0.4, 0.5) is 5.69 Å². The quantitative estimate of drug-likeness (QED) is 0.174. The Labute approximate surface area is 231 Å². The Balaban J connectivity index is 1.81. The van der Waals surface area contributed by atoms with Gasteiger partial charge in [0.2, 0.25) is 0 Å². The van der Waals surface area contributed by atoms with Gasteiger partial charge < -0.3 is 19.5 Å². The summed E-state index contributed by atoms with van der Waals surface area (Å²) in [5, 5.41) is 15.1. The summed E-state index contributed by atoms with van der Waals surface area (Å²) in [6.07, 6.45) is 2.19.